The van der Waals surface area contributed by atoms with Gasteiger partial charge in [-0.05, 0) is 37.0 Å². The summed E-state index contributed by atoms with van der Waals surface area (Å²) < 4.78 is 16.9. The van der Waals surface area contributed by atoms with Crippen LogP contribution in [-0.2, 0) is 28.6 Å². The summed E-state index contributed by atoms with van der Waals surface area (Å²) in [5.74, 6) is 1.67. The standard InChI is InChI=1S/C60H116O6/c1-54(2)46-40-34-28-22-16-11-8-7-9-13-20-27-33-39-45-51-60(63)66-57(53-65-59(62)50-44-38-32-26-21-15-18-24-30-36-42-48-56(5)6)52-64-58(61)49-43-37-31-25-19-14-10-12-17-23-29-35-41-47-55(3)4/h54-57H,7-53H2,1-6H3/t57-/m1/s1. The van der Waals surface area contributed by atoms with Gasteiger partial charge in [-0.1, -0.05) is 292 Å². The Morgan fingerprint density at radius 1 is 0.258 bits per heavy atom. The minimum absolute atomic E-state index is 0.0633. The predicted octanol–water partition coefficient (Wildman–Crippen LogP) is 19.5. The molecule has 0 saturated carbocycles. The SMILES string of the molecule is CC(C)CCCCCCCCCCCCCCCCCC(=O)O[C@H](COC(=O)CCCCCCCCCCCCCCCC(C)C)COC(=O)CCCCCCCCCCCCCC(C)C. The molecule has 1 atom stereocenters. The largest absolute Gasteiger partial charge is 0.462 e. The zero-order valence-corrected chi connectivity index (χ0v) is 45.5. The second-order valence-electron chi connectivity index (χ2n) is 22.1. The molecule has 0 fully saturated rings. The quantitative estimate of drug-likeness (QED) is 0.0343. The van der Waals surface area contributed by atoms with Crippen molar-refractivity contribution in [1.29, 1.82) is 0 Å². The molecule has 0 aromatic heterocycles. The molecule has 0 aliphatic carbocycles. The fourth-order valence-corrected chi connectivity index (χ4v) is 9.18. The zero-order chi connectivity index (χ0) is 48.4. The summed E-state index contributed by atoms with van der Waals surface area (Å²) in [5.41, 5.74) is 0. The maximum atomic E-state index is 12.9. The van der Waals surface area contributed by atoms with E-state index in [1.54, 1.807) is 0 Å². The van der Waals surface area contributed by atoms with E-state index in [0.29, 0.717) is 19.3 Å². The van der Waals surface area contributed by atoms with Crippen LogP contribution in [0.2, 0.25) is 0 Å². The molecule has 0 bridgehead atoms. The first-order valence-electron chi connectivity index (χ1n) is 29.6. The summed E-state index contributed by atoms with van der Waals surface area (Å²) in [6.07, 6.45) is 53.8. The smallest absolute Gasteiger partial charge is 0.306 e. The molecule has 0 aromatic carbocycles. The van der Waals surface area contributed by atoms with Crippen molar-refractivity contribution in [1.82, 2.24) is 0 Å². The molecule has 0 aromatic rings. The van der Waals surface area contributed by atoms with Crippen LogP contribution in [0, 0.1) is 17.8 Å². The maximum absolute atomic E-state index is 12.9. The van der Waals surface area contributed by atoms with Gasteiger partial charge < -0.3 is 14.2 Å². The van der Waals surface area contributed by atoms with Crippen LogP contribution in [-0.4, -0.2) is 37.2 Å². The summed E-state index contributed by atoms with van der Waals surface area (Å²) >= 11 is 0. The van der Waals surface area contributed by atoms with Crippen molar-refractivity contribution in [2.24, 2.45) is 17.8 Å². The molecule has 0 unspecified atom stereocenters. The Bertz CT molecular complexity index is 1020. The van der Waals surface area contributed by atoms with Crippen LogP contribution in [0.25, 0.3) is 0 Å². The fraction of sp³-hybridized carbons (Fsp3) is 0.950. The minimum atomic E-state index is -0.764. The van der Waals surface area contributed by atoms with Crippen LogP contribution >= 0.6 is 0 Å². The number of esters is 3. The second kappa shape index (κ2) is 51.3. The predicted molar refractivity (Wildman–Crippen MR) is 284 cm³/mol. The number of hydrogen-bond acceptors (Lipinski definition) is 6. The lowest BCUT2D eigenvalue weighted by atomic mass is 10.0. The van der Waals surface area contributed by atoms with Crippen molar-refractivity contribution >= 4 is 17.9 Å². The summed E-state index contributed by atoms with van der Waals surface area (Å²) in [5, 5.41) is 0. The van der Waals surface area contributed by atoms with Gasteiger partial charge in [-0.15, -0.1) is 0 Å². The minimum Gasteiger partial charge on any atom is -0.462 e. The third kappa shape index (κ3) is 53.4. The van der Waals surface area contributed by atoms with Gasteiger partial charge in [-0.3, -0.25) is 14.4 Å². The van der Waals surface area contributed by atoms with Crippen LogP contribution in [0.5, 0.6) is 0 Å². The Balaban J connectivity index is 4.30. The van der Waals surface area contributed by atoms with Crippen molar-refractivity contribution in [3.63, 3.8) is 0 Å². The first-order valence-corrected chi connectivity index (χ1v) is 29.6. The average molecular weight is 934 g/mol. The summed E-state index contributed by atoms with van der Waals surface area (Å²) in [6.45, 7) is 13.8. The van der Waals surface area contributed by atoms with Crippen molar-refractivity contribution in [2.75, 3.05) is 13.2 Å². The lowest BCUT2D eigenvalue weighted by molar-refractivity contribution is -0.167. The molecule has 6 nitrogen and oxygen atoms in total. The molecule has 0 saturated heterocycles. The third-order valence-corrected chi connectivity index (χ3v) is 13.6. The van der Waals surface area contributed by atoms with Crippen molar-refractivity contribution in [2.45, 2.75) is 337 Å². The molecule has 392 valence electrons. The number of unbranched alkanes of at least 4 members (excludes halogenated alkanes) is 36. The number of carbonyl (C=O) groups is 3. The van der Waals surface area contributed by atoms with E-state index in [2.05, 4.69) is 41.5 Å². The van der Waals surface area contributed by atoms with Crippen molar-refractivity contribution in [3.05, 3.63) is 0 Å². The van der Waals surface area contributed by atoms with Crippen LogP contribution in [0.15, 0.2) is 0 Å². The molecular formula is C60H116O6. The molecule has 0 rings (SSSR count). The normalized spacial score (nSPS) is 12.1. The van der Waals surface area contributed by atoms with Gasteiger partial charge in [-0.25, -0.2) is 0 Å². The fourth-order valence-electron chi connectivity index (χ4n) is 9.18. The third-order valence-electron chi connectivity index (χ3n) is 13.6. The number of carbonyl (C=O) groups excluding carboxylic acids is 3. The molecule has 0 aliphatic rings. The number of hydrogen-bond donors (Lipinski definition) is 0. The van der Waals surface area contributed by atoms with E-state index in [9.17, 15) is 14.4 Å². The second-order valence-corrected chi connectivity index (χ2v) is 22.1. The Labute approximate surface area is 412 Å². The van der Waals surface area contributed by atoms with Gasteiger partial charge in [0.15, 0.2) is 6.10 Å². The molecule has 0 radical (unpaired) electrons. The van der Waals surface area contributed by atoms with Gasteiger partial charge in [0.2, 0.25) is 0 Å². The molecule has 66 heavy (non-hydrogen) atoms. The number of rotatable bonds is 53. The summed E-state index contributed by atoms with van der Waals surface area (Å²) in [4.78, 5) is 38.2. The summed E-state index contributed by atoms with van der Waals surface area (Å²) in [7, 11) is 0. The van der Waals surface area contributed by atoms with E-state index < -0.39 is 6.10 Å². The van der Waals surface area contributed by atoms with E-state index >= 15 is 0 Å². The van der Waals surface area contributed by atoms with Gasteiger partial charge in [0.25, 0.3) is 0 Å². The van der Waals surface area contributed by atoms with Crippen molar-refractivity contribution in [3.8, 4) is 0 Å². The topological polar surface area (TPSA) is 78.9 Å². The molecule has 0 aliphatic heterocycles. The Morgan fingerprint density at radius 2 is 0.439 bits per heavy atom. The molecule has 0 spiro atoms. The Kier molecular flexibility index (Phi) is 50.0. The Hall–Kier alpha value is -1.59. The molecule has 0 heterocycles. The van der Waals surface area contributed by atoms with E-state index in [0.717, 1.165) is 75.5 Å². The lowest BCUT2D eigenvalue weighted by Gasteiger charge is -2.18. The molecule has 0 N–H and O–H groups in total. The van der Waals surface area contributed by atoms with Crippen LogP contribution < -0.4 is 0 Å². The van der Waals surface area contributed by atoms with E-state index in [4.69, 9.17) is 14.2 Å². The van der Waals surface area contributed by atoms with E-state index in [1.165, 1.54) is 212 Å². The highest BCUT2D eigenvalue weighted by Crippen LogP contribution is 2.19. The van der Waals surface area contributed by atoms with Gasteiger partial charge >= 0.3 is 17.9 Å². The highest BCUT2D eigenvalue weighted by atomic mass is 16.6. The highest BCUT2D eigenvalue weighted by Gasteiger charge is 2.19. The highest BCUT2D eigenvalue weighted by molar-refractivity contribution is 5.71. The molecular weight excluding hydrogens is 817 g/mol. The zero-order valence-electron chi connectivity index (χ0n) is 45.5. The van der Waals surface area contributed by atoms with E-state index in [1.807, 2.05) is 0 Å². The summed E-state index contributed by atoms with van der Waals surface area (Å²) in [6, 6.07) is 0. The van der Waals surface area contributed by atoms with Crippen LogP contribution in [0.4, 0.5) is 0 Å². The monoisotopic (exact) mass is 933 g/mol. The maximum Gasteiger partial charge on any atom is 0.306 e. The lowest BCUT2D eigenvalue weighted by Crippen LogP contribution is -2.30. The van der Waals surface area contributed by atoms with Crippen LogP contribution in [0.1, 0.15) is 330 Å². The van der Waals surface area contributed by atoms with E-state index in [-0.39, 0.29) is 31.1 Å². The van der Waals surface area contributed by atoms with Crippen LogP contribution in [0.3, 0.4) is 0 Å². The van der Waals surface area contributed by atoms with Gasteiger partial charge in [0.05, 0.1) is 0 Å². The van der Waals surface area contributed by atoms with Gasteiger partial charge in [0.1, 0.15) is 13.2 Å². The Morgan fingerprint density at radius 3 is 0.652 bits per heavy atom. The first-order chi connectivity index (χ1) is 32.1. The molecule has 6 heteroatoms. The van der Waals surface area contributed by atoms with Gasteiger partial charge in [0, 0.05) is 19.3 Å². The average Bonchev–Trinajstić information content (AvgIpc) is 3.28. The number of ether oxygens (including phenoxy) is 3. The van der Waals surface area contributed by atoms with Crippen molar-refractivity contribution < 1.29 is 28.6 Å². The molecule has 0 amide bonds. The first kappa shape index (κ1) is 64.4. The van der Waals surface area contributed by atoms with Gasteiger partial charge in [-0.2, -0.15) is 0 Å².